The lowest BCUT2D eigenvalue weighted by atomic mass is 10.2. The third-order valence-corrected chi connectivity index (χ3v) is 4.98. The first kappa shape index (κ1) is 18.3. The van der Waals surface area contributed by atoms with Crippen LogP contribution in [0.25, 0.3) is 0 Å². The highest BCUT2D eigenvalue weighted by Gasteiger charge is 2.16. The summed E-state index contributed by atoms with van der Waals surface area (Å²) < 4.78 is 2.58. The zero-order chi connectivity index (χ0) is 18.5. The molecule has 0 spiro atoms. The normalized spacial score (nSPS) is 15.2. The van der Waals surface area contributed by atoms with E-state index in [1.54, 1.807) is 7.05 Å². The molecule has 0 aliphatic carbocycles. The minimum absolute atomic E-state index is 0.285. The Morgan fingerprint density at radius 3 is 2.35 bits per heavy atom. The lowest BCUT2D eigenvalue weighted by Crippen LogP contribution is -2.46. The molecule has 1 fully saturated rings. The molecule has 2 heterocycles. The highest BCUT2D eigenvalue weighted by molar-refractivity contribution is 5.46. The molecule has 0 bridgehead atoms. The Hall–Kier alpha value is -2.54. The molecule has 0 radical (unpaired) electrons. The van der Waals surface area contributed by atoms with E-state index in [9.17, 15) is 9.59 Å². The van der Waals surface area contributed by atoms with Gasteiger partial charge in [-0.2, -0.15) is 0 Å². The van der Waals surface area contributed by atoms with Gasteiger partial charge >= 0.3 is 5.69 Å². The molecule has 1 aromatic carbocycles. The summed E-state index contributed by atoms with van der Waals surface area (Å²) >= 11 is 0. The quantitative estimate of drug-likeness (QED) is 0.772. The first-order chi connectivity index (χ1) is 12.6. The van der Waals surface area contributed by atoms with E-state index in [-0.39, 0.29) is 11.2 Å². The van der Waals surface area contributed by atoms with E-state index in [0.717, 1.165) is 50.3 Å². The van der Waals surface area contributed by atoms with Crippen LogP contribution in [0.5, 0.6) is 0 Å². The van der Waals surface area contributed by atoms with Gasteiger partial charge in [0.2, 0.25) is 0 Å². The topological polar surface area (TPSA) is 62.5 Å². The number of para-hydroxylation sites is 1. The average molecular weight is 357 g/mol. The lowest BCUT2D eigenvalue weighted by Gasteiger charge is -2.36. The van der Waals surface area contributed by atoms with Gasteiger partial charge in [0.25, 0.3) is 5.56 Å². The zero-order valence-corrected chi connectivity index (χ0v) is 15.5. The predicted molar refractivity (Wildman–Crippen MR) is 105 cm³/mol. The van der Waals surface area contributed by atoms with Crippen LogP contribution >= 0.6 is 0 Å². The van der Waals surface area contributed by atoms with E-state index in [0.29, 0.717) is 5.82 Å². The maximum absolute atomic E-state index is 11.9. The molecule has 1 aromatic heterocycles. The Bertz CT molecular complexity index is 835. The van der Waals surface area contributed by atoms with Gasteiger partial charge in [0.15, 0.2) is 0 Å². The van der Waals surface area contributed by atoms with Crippen LogP contribution in [-0.2, 0) is 14.1 Å². The molecule has 1 saturated heterocycles. The van der Waals surface area contributed by atoms with Crippen LogP contribution in [0.4, 0.5) is 11.5 Å². The largest absolute Gasteiger partial charge is 0.371 e. The third kappa shape index (κ3) is 4.16. The van der Waals surface area contributed by atoms with Crippen molar-refractivity contribution in [3.63, 3.8) is 0 Å². The van der Waals surface area contributed by atoms with E-state index in [2.05, 4.69) is 39.4 Å². The Balaban J connectivity index is 1.43. The predicted octanol–water partition coefficient (Wildman–Crippen LogP) is 0.708. The van der Waals surface area contributed by atoms with Gasteiger partial charge in [0.1, 0.15) is 5.82 Å². The Kier molecular flexibility index (Phi) is 5.78. The van der Waals surface area contributed by atoms with Gasteiger partial charge in [0.05, 0.1) is 0 Å². The molecule has 1 aliphatic rings. The van der Waals surface area contributed by atoms with E-state index < -0.39 is 0 Å². The van der Waals surface area contributed by atoms with Crippen LogP contribution in [0.15, 0.2) is 46.0 Å². The van der Waals surface area contributed by atoms with Crippen LogP contribution in [0.3, 0.4) is 0 Å². The summed E-state index contributed by atoms with van der Waals surface area (Å²) in [7, 11) is 3.16. The van der Waals surface area contributed by atoms with Gasteiger partial charge in [-0.1, -0.05) is 18.2 Å². The number of rotatable bonds is 6. The van der Waals surface area contributed by atoms with E-state index in [4.69, 9.17) is 0 Å². The van der Waals surface area contributed by atoms with E-state index in [1.807, 2.05) is 6.07 Å². The van der Waals surface area contributed by atoms with Crippen LogP contribution < -0.4 is 21.5 Å². The Morgan fingerprint density at radius 2 is 1.65 bits per heavy atom. The summed E-state index contributed by atoms with van der Waals surface area (Å²) in [5.41, 5.74) is 0.699. The van der Waals surface area contributed by atoms with Crippen molar-refractivity contribution < 1.29 is 0 Å². The molecule has 26 heavy (non-hydrogen) atoms. The molecule has 1 N–H and O–H groups in total. The minimum Gasteiger partial charge on any atom is -0.371 e. The molecule has 140 valence electrons. The highest BCUT2D eigenvalue weighted by atomic mass is 16.2. The number of nitrogens with one attached hydrogen (secondary N) is 1. The van der Waals surface area contributed by atoms with Crippen molar-refractivity contribution in [2.75, 3.05) is 49.5 Å². The molecule has 7 heteroatoms. The second-order valence-electron chi connectivity index (χ2n) is 6.71. The summed E-state index contributed by atoms with van der Waals surface area (Å²) in [4.78, 5) is 28.5. The third-order valence-electron chi connectivity index (χ3n) is 4.98. The number of hydrogen-bond acceptors (Lipinski definition) is 5. The number of benzene rings is 1. The first-order valence-electron chi connectivity index (χ1n) is 9.09. The molecule has 2 aromatic rings. The number of aromatic nitrogens is 2. The summed E-state index contributed by atoms with van der Waals surface area (Å²) in [6.07, 6.45) is 0.967. The maximum atomic E-state index is 11.9. The van der Waals surface area contributed by atoms with Crippen molar-refractivity contribution in [1.29, 1.82) is 0 Å². The minimum atomic E-state index is -0.308. The average Bonchev–Trinajstić information content (AvgIpc) is 2.68. The summed E-state index contributed by atoms with van der Waals surface area (Å²) in [5.74, 6) is 0.576. The summed E-state index contributed by atoms with van der Waals surface area (Å²) in [6.45, 7) is 5.94. The van der Waals surface area contributed by atoms with Crippen molar-refractivity contribution in [1.82, 2.24) is 14.0 Å². The van der Waals surface area contributed by atoms with Gasteiger partial charge in [-0.15, -0.1) is 0 Å². The number of piperazine rings is 1. The first-order valence-corrected chi connectivity index (χ1v) is 9.09. The van der Waals surface area contributed by atoms with Gasteiger partial charge < -0.3 is 10.2 Å². The smallest absolute Gasteiger partial charge is 0.332 e. The molecule has 0 atom stereocenters. The molecule has 1 aliphatic heterocycles. The molecule has 0 unspecified atom stereocenters. The lowest BCUT2D eigenvalue weighted by molar-refractivity contribution is 0.257. The van der Waals surface area contributed by atoms with Crippen molar-refractivity contribution in [2.24, 2.45) is 14.1 Å². The SMILES string of the molecule is Cn1c(NCCCN2CCN(c3ccccc3)CC2)cc(=O)n(C)c1=O. The zero-order valence-electron chi connectivity index (χ0n) is 15.5. The molecular formula is C19H27N5O2. The van der Waals surface area contributed by atoms with Crippen molar-refractivity contribution in [3.05, 3.63) is 57.2 Å². The van der Waals surface area contributed by atoms with Gasteiger partial charge in [-0.3, -0.25) is 18.8 Å². The monoisotopic (exact) mass is 357 g/mol. The molecular weight excluding hydrogens is 330 g/mol. The van der Waals surface area contributed by atoms with Crippen LogP contribution in [0.2, 0.25) is 0 Å². The molecule has 7 nitrogen and oxygen atoms in total. The number of anilines is 2. The van der Waals surface area contributed by atoms with E-state index in [1.165, 1.54) is 23.4 Å². The fraction of sp³-hybridized carbons (Fsp3) is 0.474. The van der Waals surface area contributed by atoms with Crippen LogP contribution in [0, 0.1) is 0 Å². The van der Waals surface area contributed by atoms with Crippen molar-refractivity contribution in [2.45, 2.75) is 6.42 Å². The second kappa shape index (κ2) is 8.23. The van der Waals surface area contributed by atoms with Gasteiger partial charge in [0, 0.05) is 58.6 Å². The molecule has 3 rings (SSSR count). The Labute approximate surface area is 153 Å². The van der Waals surface area contributed by atoms with Gasteiger partial charge in [-0.05, 0) is 25.1 Å². The van der Waals surface area contributed by atoms with E-state index >= 15 is 0 Å². The summed E-state index contributed by atoms with van der Waals surface area (Å²) in [6, 6.07) is 12.0. The fourth-order valence-corrected chi connectivity index (χ4v) is 3.29. The van der Waals surface area contributed by atoms with Crippen LogP contribution in [0.1, 0.15) is 6.42 Å². The highest BCUT2D eigenvalue weighted by Crippen LogP contribution is 2.15. The molecule has 0 saturated carbocycles. The van der Waals surface area contributed by atoms with Gasteiger partial charge in [-0.25, -0.2) is 4.79 Å². The Morgan fingerprint density at radius 1 is 0.962 bits per heavy atom. The van der Waals surface area contributed by atoms with Crippen LogP contribution in [-0.4, -0.2) is 53.3 Å². The number of hydrogen-bond donors (Lipinski definition) is 1. The molecule has 0 amide bonds. The van der Waals surface area contributed by atoms with Crippen molar-refractivity contribution in [3.8, 4) is 0 Å². The van der Waals surface area contributed by atoms with Crippen molar-refractivity contribution >= 4 is 11.5 Å². The standard InChI is InChI=1S/C19H27N5O2/c1-21-17(15-18(25)22(2)19(21)26)20-9-6-10-23-11-13-24(14-12-23)16-7-4-3-5-8-16/h3-5,7-8,15,20H,6,9-14H2,1-2H3. The summed E-state index contributed by atoms with van der Waals surface area (Å²) in [5, 5.41) is 3.21. The number of nitrogens with zero attached hydrogens (tertiary/aromatic N) is 4. The maximum Gasteiger partial charge on any atom is 0.332 e. The fourth-order valence-electron chi connectivity index (χ4n) is 3.29. The second-order valence-corrected chi connectivity index (χ2v) is 6.71.